The van der Waals surface area contributed by atoms with E-state index in [-0.39, 0.29) is 0 Å². The van der Waals surface area contributed by atoms with Crippen LogP contribution in [0.4, 0.5) is 0 Å². The fourth-order valence-electron chi connectivity index (χ4n) is 1.49. The van der Waals surface area contributed by atoms with Crippen LogP contribution in [-0.4, -0.2) is 4.98 Å². The monoisotopic (exact) mass is 248 g/mol. The first kappa shape index (κ1) is 12.1. The molecule has 0 spiro atoms. The number of benzene rings is 1. The Kier molecular flexibility index (Phi) is 4.12. The summed E-state index contributed by atoms with van der Waals surface area (Å²) in [6.45, 7) is 3.14. The average molecular weight is 248 g/mol. The van der Waals surface area contributed by atoms with Crippen LogP contribution in [-0.2, 0) is 19.6 Å². The van der Waals surface area contributed by atoms with Gasteiger partial charge in [0.2, 0.25) is 0 Å². The van der Waals surface area contributed by atoms with Crippen LogP contribution in [0, 0.1) is 0 Å². The Morgan fingerprint density at radius 3 is 2.65 bits per heavy atom. The Bertz CT molecular complexity index is 465. The molecule has 0 unspecified atom stereocenters. The summed E-state index contributed by atoms with van der Waals surface area (Å²) < 4.78 is 5.65. The maximum atomic E-state index is 5.65. The van der Waals surface area contributed by atoms with Crippen molar-refractivity contribution in [1.82, 2.24) is 4.98 Å². The van der Waals surface area contributed by atoms with Gasteiger partial charge < -0.3 is 10.5 Å². The van der Waals surface area contributed by atoms with Crippen LogP contribution in [0.5, 0.6) is 5.75 Å². The first-order valence-corrected chi connectivity index (χ1v) is 6.55. The molecule has 0 aliphatic carbocycles. The van der Waals surface area contributed by atoms with Crippen LogP contribution in [0.25, 0.3) is 0 Å². The van der Waals surface area contributed by atoms with Gasteiger partial charge in [0.25, 0.3) is 0 Å². The lowest BCUT2D eigenvalue weighted by Crippen LogP contribution is -1.98. The van der Waals surface area contributed by atoms with E-state index in [0.717, 1.165) is 22.9 Å². The van der Waals surface area contributed by atoms with Gasteiger partial charge in [-0.05, 0) is 24.1 Å². The summed E-state index contributed by atoms with van der Waals surface area (Å²) in [6, 6.07) is 8.16. The molecule has 0 aliphatic rings. The highest BCUT2D eigenvalue weighted by molar-refractivity contribution is 7.09. The van der Waals surface area contributed by atoms with E-state index >= 15 is 0 Å². The van der Waals surface area contributed by atoms with Gasteiger partial charge in [-0.3, -0.25) is 0 Å². The second-order valence-electron chi connectivity index (χ2n) is 3.72. The molecular formula is C13H16N2OS. The second-order valence-corrected chi connectivity index (χ2v) is 4.67. The minimum absolute atomic E-state index is 0.496. The van der Waals surface area contributed by atoms with Crippen LogP contribution in [0.15, 0.2) is 29.6 Å². The van der Waals surface area contributed by atoms with E-state index in [1.165, 1.54) is 5.56 Å². The van der Waals surface area contributed by atoms with Crippen molar-refractivity contribution in [2.24, 2.45) is 5.73 Å². The highest BCUT2D eigenvalue weighted by atomic mass is 32.1. The Morgan fingerprint density at radius 1 is 1.29 bits per heavy atom. The summed E-state index contributed by atoms with van der Waals surface area (Å²) in [4.78, 5) is 4.35. The van der Waals surface area contributed by atoms with Gasteiger partial charge >= 0.3 is 0 Å². The Morgan fingerprint density at radius 2 is 2.06 bits per heavy atom. The van der Waals surface area contributed by atoms with Gasteiger partial charge in [0.05, 0.1) is 5.69 Å². The molecule has 17 heavy (non-hydrogen) atoms. The number of nitrogens with zero attached hydrogens (tertiary/aromatic N) is 1. The first-order chi connectivity index (χ1) is 8.31. The highest BCUT2D eigenvalue weighted by Crippen LogP contribution is 2.15. The lowest BCUT2D eigenvalue weighted by Gasteiger charge is -2.04. The Labute approximate surface area is 105 Å². The van der Waals surface area contributed by atoms with Crippen molar-refractivity contribution < 1.29 is 4.74 Å². The standard InChI is InChI=1S/C13H16N2OS/c1-2-10-3-5-12(6-4-10)16-8-11-9-17-13(7-14)15-11/h3-6,9H,2,7-8,14H2,1H3. The maximum Gasteiger partial charge on any atom is 0.131 e. The third-order valence-electron chi connectivity index (χ3n) is 2.49. The molecule has 0 radical (unpaired) electrons. The Balaban J connectivity index is 1.92. The Hall–Kier alpha value is -1.39. The third kappa shape index (κ3) is 3.28. The van der Waals surface area contributed by atoms with E-state index < -0.39 is 0 Å². The molecule has 2 rings (SSSR count). The minimum Gasteiger partial charge on any atom is -0.487 e. The summed E-state index contributed by atoms with van der Waals surface area (Å²) in [5.41, 5.74) is 7.77. The summed E-state index contributed by atoms with van der Waals surface area (Å²) in [5, 5.41) is 2.94. The molecule has 0 bridgehead atoms. The zero-order valence-electron chi connectivity index (χ0n) is 9.85. The van der Waals surface area contributed by atoms with E-state index in [1.807, 2.05) is 17.5 Å². The molecule has 0 fully saturated rings. The largest absolute Gasteiger partial charge is 0.487 e. The molecule has 90 valence electrons. The number of aryl methyl sites for hydroxylation is 1. The lowest BCUT2D eigenvalue weighted by atomic mass is 10.2. The number of ether oxygens (including phenoxy) is 1. The molecular weight excluding hydrogens is 232 g/mol. The quantitative estimate of drug-likeness (QED) is 0.885. The van der Waals surface area contributed by atoms with Gasteiger partial charge in [0.1, 0.15) is 17.4 Å². The smallest absolute Gasteiger partial charge is 0.131 e. The van der Waals surface area contributed by atoms with Gasteiger partial charge in [0.15, 0.2) is 0 Å². The molecule has 0 amide bonds. The third-order valence-corrected chi connectivity index (χ3v) is 3.41. The van der Waals surface area contributed by atoms with Crippen LogP contribution in [0.1, 0.15) is 23.2 Å². The second kappa shape index (κ2) is 5.80. The van der Waals surface area contributed by atoms with Crippen LogP contribution < -0.4 is 10.5 Å². The molecule has 1 heterocycles. The molecule has 1 aromatic heterocycles. The highest BCUT2D eigenvalue weighted by Gasteiger charge is 2.01. The van der Waals surface area contributed by atoms with Crippen LogP contribution >= 0.6 is 11.3 Å². The predicted octanol–water partition coefficient (Wildman–Crippen LogP) is 2.74. The number of hydrogen-bond donors (Lipinski definition) is 1. The van der Waals surface area contributed by atoms with Crippen LogP contribution in [0.3, 0.4) is 0 Å². The van der Waals surface area contributed by atoms with Gasteiger partial charge in [0, 0.05) is 11.9 Å². The molecule has 0 atom stereocenters. The summed E-state index contributed by atoms with van der Waals surface area (Å²) in [7, 11) is 0. The van der Waals surface area contributed by atoms with E-state index in [2.05, 4.69) is 24.0 Å². The SMILES string of the molecule is CCc1ccc(OCc2csc(CN)n2)cc1. The normalized spacial score (nSPS) is 10.5. The van der Waals surface area contributed by atoms with Crippen molar-refractivity contribution in [2.45, 2.75) is 26.5 Å². The van der Waals surface area contributed by atoms with E-state index in [1.54, 1.807) is 11.3 Å². The van der Waals surface area contributed by atoms with Crippen molar-refractivity contribution in [3.8, 4) is 5.75 Å². The number of aromatic nitrogens is 1. The minimum atomic E-state index is 0.496. The maximum absolute atomic E-state index is 5.65. The van der Waals surface area contributed by atoms with E-state index in [4.69, 9.17) is 10.5 Å². The van der Waals surface area contributed by atoms with E-state index in [0.29, 0.717) is 13.2 Å². The molecule has 1 aromatic carbocycles. The first-order valence-electron chi connectivity index (χ1n) is 5.67. The van der Waals surface area contributed by atoms with Gasteiger partial charge in [-0.1, -0.05) is 19.1 Å². The molecule has 3 nitrogen and oxygen atoms in total. The van der Waals surface area contributed by atoms with Crippen molar-refractivity contribution in [2.75, 3.05) is 0 Å². The molecule has 4 heteroatoms. The summed E-state index contributed by atoms with van der Waals surface area (Å²) >= 11 is 1.57. The molecule has 0 saturated carbocycles. The van der Waals surface area contributed by atoms with Crippen molar-refractivity contribution in [1.29, 1.82) is 0 Å². The molecule has 0 saturated heterocycles. The number of hydrogen-bond acceptors (Lipinski definition) is 4. The van der Waals surface area contributed by atoms with Gasteiger partial charge in [-0.2, -0.15) is 0 Å². The predicted molar refractivity (Wildman–Crippen MR) is 70.2 cm³/mol. The van der Waals surface area contributed by atoms with Gasteiger partial charge in [-0.15, -0.1) is 11.3 Å². The molecule has 2 N–H and O–H groups in total. The summed E-state index contributed by atoms with van der Waals surface area (Å²) in [6.07, 6.45) is 1.05. The van der Waals surface area contributed by atoms with Crippen LogP contribution in [0.2, 0.25) is 0 Å². The molecule has 0 aliphatic heterocycles. The molecule has 2 aromatic rings. The van der Waals surface area contributed by atoms with Crippen molar-refractivity contribution in [3.05, 3.63) is 45.9 Å². The zero-order chi connectivity index (χ0) is 12.1. The van der Waals surface area contributed by atoms with Crippen molar-refractivity contribution >= 4 is 11.3 Å². The number of thiazole rings is 1. The topological polar surface area (TPSA) is 48.1 Å². The van der Waals surface area contributed by atoms with Crippen molar-refractivity contribution in [3.63, 3.8) is 0 Å². The zero-order valence-corrected chi connectivity index (χ0v) is 10.7. The lowest BCUT2D eigenvalue weighted by molar-refractivity contribution is 0.302. The van der Waals surface area contributed by atoms with E-state index in [9.17, 15) is 0 Å². The fraction of sp³-hybridized carbons (Fsp3) is 0.308. The summed E-state index contributed by atoms with van der Waals surface area (Å²) in [5.74, 6) is 0.879. The average Bonchev–Trinajstić information content (AvgIpc) is 2.85. The number of rotatable bonds is 5. The van der Waals surface area contributed by atoms with Gasteiger partial charge in [-0.25, -0.2) is 4.98 Å². The fourth-order valence-corrected chi connectivity index (χ4v) is 2.15. The number of nitrogens with two attached hydrogens (primary N) is 1.